The van der Waals surface area contributed by atoms with E-state index in [4.69, 9.17) is 0 Å². The van der Waals surface area contributed by atoms with Crippen molar-refractivity contribution in [1.82, 2.24) is 19.8 Å². The molecule has 3 aromatic rings. The van der Waals surface area contributed by atoms with E-state index in [1.54, 1.807) is 0 Å². The molecule has 2 aliphatic carbocycles. The number of halogens is 1. The van der Waals surface area contributed by atoms with Crippen LogP contribution in [0.1, 0.15) is 62.5 Å². The van der Waals surface area contributed by atoms with Gasteiger partial charge >= 0.3 is 0 Å². The molecule has 0 bridgehead atoms. The molecule has 2 aliphatic rings. The van der Waals surface area contributed by atoms with Gasteiger partial charge in [-0.2, -0.15) is 4.39 Å². The fraction of sp³-hybridized carbons (Fsp3) is 0.519. The summed E-state index contributed by atoms with van der Waals surface area (Å²) in [5.41, 5.74) is 3.11. The molecule has 2 fully saturated rings. The standard InChI is InChI=1S/C27H35FN4/c28-27-21(8-7-15-29-27)19-31(20-22-18-30-26-14-2-1-13-25(22)26)16-3-4-17-32(23-9-5-10-23)24-11-6-12-24/h1-2,7-8,13-15,18,23-24,30H,3-6,9-12,16-17,19-20H2. The average molecular weight is 435 g/mol. The molecule has 5 rings (SSSR count). The third-order valence-electron chi connectivity index (χ3n) is 7.53. The van der Waals surface area contributed by atoms with Crippen LogP contribution in [-0.4, -0.2) is 44.9 Å². The second-order valence-corrected chi connectivity index (χ2v) is 9.64. The summed E-state index contributed by atoms with van der Waals surface area (Å²) in [6, 6.07) is 13.8. The van der Waals surface area contributed by atoms with Crippen molar-refractivity contribution < 1.29 is 4.39 Å². The summed E-state index contributed by atoms with van der Waals surface area (Å²) >= 11 is 0. The number of para-hydroxylation sites is 1. The van der Waals surface area contributed by atoms with Gasteiger partial charge in [0.05, 0.1) is 0 Å². The summed E-state index contributed by atoms with van der Waals surface area (Å²) in [4.78, 5) is 12.4. The van der Waals surface area contributed by atoms with Gasteiger partial charge in [-0.05, 0) is 69.3 Å². The molecule has 2 aromatic heterocycles. The number of hydrogen-bond donors (Lipinski definition) is 1. The minimum Gasteiger partial charge on any atom is -0.361 e. The Morgan fingerprint density at radius 1 is 0.875 bits per heavy atom. The molecule has 0 unspecified atom stereocenters. The van der Waals surface area contributed by atoms with Gasteiger partial charge in [-0.25, -0.2) is 4.98 Å². The molecule has 5 heteroatoms. The maximum Gasteiger partial charge on any atom is 0.217 e. The number of nitrogens with zero attached hydrogens (tertiary/aromatic N) is 3. The molecule has 0 aliphatic heterocycles. The lowest BCUT2D eigenvalue weighted by molar-refractivity contribution is 0.0383. The fourth-order valence-corrected chi connectivity index (χ4v) is 5.23. The van der Waals surface area contributed by atoms with E-state index in [1.165, 1.54) is 68.6 Å². The Kier molecular flexibility index (Phi) is 6.84. The van der Waals surface area contributed by atoms with Crippen molar-refractivity contribution >= 4 is 10.9 Å². The van der Waals surface area contributed by atoms with Gasteiger partial charge in [0, 0.05) is 54.0 Å². The summed E-state index contributed by atoms with van der Waals surface area (Å²) in [5, 5.41) is 1.25. The number of benzene rings is 1. The van der Waals surface area contributed by atoms with Crippen LogP contribution in [0.15, 0.2) is 48.8 Å². The van der Waals surface area contributed by atoms with Gasteiger partial charge in [0.25, 0.3) is 0 Å². The van der Waals surface area contributed by atoms with Gasteiger partial charge in [0.1, 0.15) is 0 Å². The maximum absolute atomic E-state index is 14.3. The van der Waals surface area contributed by atoms with Crippen LogP contribution in [0.4, 0.5) is 4.39 Å². The Morgan fingerprint density at radius 2 is 1.59 bits per heavy atom. The van der Waals surface area contributed by atoms with E-state index in [1.807, 2.05) is 12.1 Å². The van der Waals surface area contributed by atoms with E-state index < -0.39 is 0 Å². The Morgan fingerprint density at radius 3 is 2.31 bits per heavy atom. The second kappa shape index (κ2) is 10.1. The lowest BCUT2D eigenvalue weighted by atomic mass is 9.84. The van der Waals surface area contributed by atoms with Gasteiger partial charge in [0.15, 0.2) is 0 Å². The molecule has 0 saturated heterocycles. The molecule has 170 valence electrons. The van der Waals surface area contributed by atoms with Crippen LogP contribution < -0.4 is 0 Å². The maximum atomic E-state index is 14.3. The molecule has 1 N–H and O–H groups in total. The van der Waals surface area contributed by atoms with Gasteiger partial charge in [-0.15, -0.1) is 0 Å². The lowest BCUT2D eigenvalue weighted by Gasteiger charge is -2.46. The predicted octanol–water partition coefficient (Wildman–Crippen LogP) is 5.89. The van der Waals surface area contributed by atoms with Crippen LogP contribution >= 0.6 is 0 Å². The molecule has 0 atom stereocenters. The van der Waals surface area contributed by atoms with Gasteiger partial charge < -0.3 is 4.98 Å². The number of hydrogen-bond acceptors (Lipinski definition) is 3. The lowest BCUT2D eigenvalue weighted by Crippen LogP contribution is -2.49. The van der Waals surface area contributed by atoms with Crippen molar-refractivity contribution in [1.29, 1.82) is 0 Å². The Balaban J connectivity index is 1.22. The van der Waals surface area contributed by atoms with E-state index in [9.17, 15) is 4.39 Å². The van der Waals surface area contributed by atoms with Crippen molar-refractivity contribution in [2.45, 2.75) is 76.5 Å². The number of aromatic nitrogens is 2. The largest absolute Gasteiger partial charge is 0.361 e. The molecular weight excluding hydrogens is 399 g/mol. The smallest absolute Gasteiger partial charge is 0.217 e. The number of fused-ring (bicyclic) bond motifs is 1. The third-order valence-corrected chi connectivity index (χ3v) is 7.53. The van der Waals surface area contributed by atoms with E-state index in [-0.39, 0.29) is 5.95 Å². The minimum atomic E-state index is -0.349. The van der Waals surface area contributed by atoms with Crippen LogP contribution in [0.3, 0.4) is 0 Å². The molecule has 32 heavy (non-hydrogen) atoms. The summed E-state index contributed by atoms with van der Waals surface area (Å²) < 4.78 is 14.3. The van der Waals surface area contributed by atoms with Crippen LogP contribution in [-0.2, 0) is 13.1 Å². The first kappa shape index (κ1) is 21.6. The highest BCUT2D eigenvalue weighted by Crippen LogP contribution is 2.33. The molecule has 2 heterocycles. The molecule has 0 amide bonds. The molecule has 0 radical (unpaired) electrons. The summed E-state index contributed by atoms with van der Waals surface area (Å²) in [7, 11) is 0. The quantitative estimate of drug-likeness (QED) is 0.302. The minimum absolute atomic E-state index is 0.349. The Hall–Kier alpha value is -2.24. The highest BCUT2D eigenvalue weighted by Gasteiger charge is 2.32. The van der Waals surface area contributed by atoms with Crippen molar-refractivity contribution in [2.24, 2.45) is 0 Å². The molecule has 2 saturated carbocycles. The zero-order valence-electron chi connectivity index (χ0n) is 19.0. The molecule has 4 nitrogen and oxygen atoms in total. The summed E-state index contributed by atoms with van der Waals surface area (Å²) in [6.07, 6.45) is 14.4. The first-order chi connectivity index (χ1) is 15.8. The fourth-order valence-electron chi connectivity index (χ4n) is 5.23. The number of unbranched alkanes of at least 4 members (excludes halogenated alkanes) is 1. The summed E-state index contributed by atoms with van der Waals surface area (Å²) in [6.45, 7) is 3.59. The molecule has 0 spiro atoms. The summed E-state index contributed by atoms with van der Waals surface area (Å²) in [5.74, 6) is -0.349. The topological polar surface area (TPSA) is 35.2 Å². The van der Waals surface area contributed by atoms with Crippen molar-refractivity contribution in [3.05, 3.63) is 65.9 Å². The molecular formula is C27H35FN4. The van der Waals surface area contributed by atoms with Gasteiger partial charge in [-0.3, -0.25) is 9.80 Å². The zero-order chi connectivity index (χ0) is 21.8. The zero-order valence-corrected chi connectivity index (χ0v) is 19.0. The van der Waals surface area contributed by atoms with Crippen LogP contribution in [0.25, 0.3) is 10.9 Å². The van der Waals surface area contributed by atoms with Crippen molar-refractivity contribution in [3.63, 3.8) is 0 Å². The predicted molar refractivity (Wildman–Crippen MR) is 128 cm³/mol. The first-order valence-corrected chi connectivity index (χ1v) is 12.4. The van der Waals surface area contributed by atoms with Crippen LogP contribution in [0, 0.1) is 5.95 Å². The average Bonchev–Trinajstić information content (AvgIpc) is 3.13. The highest BCUT2D eigenvalue weighted by atomic mass is 19.1. The number of nitrogens with one attached hydrogen (secondary N) is 1. The number of H-pyrrole nitrogens is 1. The van der Waals surface area contributed by atoms with Crippen LogP contribution in [0.5, 0.6) is 0 Å². The number of pyridine rings is 1. The van der Waals surface area contributed by atoms with Crippen molar-refractivity contribution in [3.8, 4) is 0 Å². The van der Waals surface area contributed by atoms with E-state index in [2.05, 4.69) is 50.2 Å². The first-order valence-electron chi connectivity index (χ1n) is 12.4. The van der Waals surface area contributed by atoms with Crippen molar-refractivity contribution in [2.75, 3.05) is 13.1 Å². The highest BCUT2D eigenvalue weighted by molar-refractivity contribution is 5.82. The SMILES string of the molecule is Fc1ncccc1CN(CCCCN(C1CCC1)C1CCC1)Cc1c[nH]c2ccccc12. The van der Waals surface area contributed by atoms with E-state index in [0.29, 0.717) is 12.1 Å². The normalized spacial score (nSPS) is 17.2. The second-order valence-electron chi connectivity index (χ2n) is 9.64. The number of rotatable bonds is 11. The number of aromatic amines is 1. The third kappa shape index (κ3) is 4.89. The molecule has 1 aromatic carbocycles. The van der Waals surface area contributed by atoms with E-state index in [0.717, 1.165) is 37.1 Å². The monoisotopic (exact) mass is 434 g/mol. The van der Waals surface area contributed by atoms with E-state index >= 15 is 0 Å². The van der Waals surface area contributed by atoms with Gasteiger partial charge in [-0.1, -0.05) is 37.1 Å². The van der Waals surface area contributed by atoms with Gasteiger partial charge in [0.2, 0.25) is 5.95 Å². The van der Waals surface area contributed by atoms with Crippen LogP contribution in [0.2, 0.25) is 0 Å². The Labute approximate surface area is 190 Å². The Bertz CT molecular complexity index is 994.